The Balaban J connectivity index is 2.29. The van der Waals surface area contributed by atoms with Crippen LogP contribution in [0.3, 0.4) is 0 Å². The topological polar surface area (TPSA) is 29.5 Å². The number of rotatable bonds is 1. The highest BCUT2D eigenvalue weighted by Gasteiger charge is 2.56. The van der Waals surface area contributed by atoms with E-state index in [1.165, 1.54) is 12.7 Å². The van der Waals surface area contributed by atoms with E-state index in [0.29, 0.717) is 19.5 Å². The number of ether oxygens (including phenoxy) is 1. The highest BCUT2D eigenvalue weighted by molar-refractivity contribution is 5.82. The number of carbonyl (C=O) groups is 1. The first-order valence-electron chi connectivity index (χ1n) is 5.24. The van der Waals surface area contributed by atoms with E-state index in [2.05, 4.69) is 0 Å². The molecule has 0 N–H and O–H groups in total. The number of hydrogen-bond donors (Lipinski definition) is 0. The van der Waals surface area contributed by atoms with Crippen molar-refractivity contribution < 1.29 is 13.9 Å². The molecule has 15 heavy (non-hydrogen) atoms. The molecule has 0 aromatic heterocycles. The summed E-state index contributed by atoms with van der Waals surface area (Å²) in [6.07, 6.45) is 2.01. The summed E-state index contributed by atoms with van der Waals surface area (Å²) in [4.78, 5) is 13.7. The first-order valence-corrected chi connectivity index (χ1v) is 5.24. The number of nitrogens with zero attached hydrogens (tertiary/aromatic N) is 1. The highest BCUT2D eigenvalue weighted by atomic mass is 19.1. The fourth-order valence-electron chi connectivity index (χ4n) is 2.72. The lowest BCUT2D eigenvalue weighted by Crippen LogP contribution is -2.46. The van der Waals surface area contributed by atoms with Gasteiger partial charge in [0.2, 0.25) is 0 Å². The first kappa shape index (κ1) is 10.6. The molecule has 84 valence electrons. The molecule has 2 fully saturated rings. The van der Waals surface area contributed by atoms with E-state index in [1.807, 2.05) is 17.9 Å². The average Bonchev–Trinajstić information content (AvgIpc) is 2.69. The normalized spacial score (nSPS) is 38.3. The Bertz CT molecular complexity index is 316. The van der Waals surface area contributed by atoms with Gasteiger partial charge >= 0.3 is 5.97 Å². The summed E-state index contributed by atoms with van der Waals surface area (Å²) < 4.78 is 18.2. The van der Waals surface area contributed by atoms with E-state index in [0.717, 1.165) is 0 Å². The summed E-state index contributed by atoms with van der Waals surface area (Å²) in [5, 5.41) is 0. The Kier molecular flexibility index (Phi) is 2.54. The van der Waals surface area contributed by atoms with Crippen molar-refractivity contribution in [3.05, 3.63) is 11.6 Å². The molecular weight excluding hydrogens is 197 g/mol. The molecule has 0 saturated carbocycles. The van der Waals surface area contributed by atoms with Crippen LogP contribution in [0.15, 0.2) is 11.6 Å². The minimum atomic E-state index is -0.900. The number of allylic oxidation sites excluding steroid dienone is 1. The summed E-state index contributed by atoms with van der Waals surface area (Å²) in [7, 11) is 1.37. The molecule has 0 unspecified atom stereocenters. The van der Waals surface area contributed by atoms with E-state index in [1.54, 1.807) is 0 Å². The van der Waals surface area contributed by atoms with Gasteiger partial charge in [-0.05, 0) is 13.3 Å². The van der Waals surface area contributed by atoms with Crippen LogP contribution >= 0.6 is 0 Å². The van der Waals surface area contributed by atoms with Gasteiger partial charge in [-0.1, -0.05) is 11.6 Å². The molecule has 2 heterocycles. The minimum Gasteiger partial charge on any atom is -0.468 e. The zero-order chi connectivity index (χ0) is 11.1. The molecule has 0 aromatic carbocycles. The lowest BCUT2D eigenvalue weighted by molar-refractivity contribution is -0.151. The smallest absolute Gasteiger partial charge is 0.326 e. The average molecular weight is 213 g/mol. The van der Waals surface area contributed by atoms with Crippen LogP contribution in [0.5, 0.6) is 0 Å². The second-order valence-corrected chi connectivity index (χ2v) is 4.33. The fourth-order valence-corrected chi connectivity index (χ4v) is 2.72. The lowest BCUT2D eigenvalue weighted by atomic mass is 9.92. The van der Waals surface area contributed by atoms with Crippen LogP contribution in [-0.2, 0) is 9.53 Å². The van der Waals surface area contributed by atoms with Gasteiger partial charge in [-0.3, -0.25) is 9.69 Å². The van der Waals surface area contributed by atoms with Crippen LogP contribution in [0.4, 0.5) is 4.39 Å². The molecule has 2 aliphatic heterocycles. The Morgan fingerprint density at radius 1 is 1.73 bits per heavy atom. The van der Waals surface area contributed by atoms with Crippen LogP contribution in [0.2, 0.25) is 0 Å². The Morgan fingerprint density at radius 2 is 2.47 bits per heavy atom. The third-order valence-corrected chi connectivity index (χ3v) is 3.47. The van der Waals surface area contributed by atoms with Gasteiger partial charge in [0.05, 0.1) is 7.11 Å². The van der Waals surface area contributed by atoms with Crippen molar-refractivity contribution in [2.75, 3.05) is 20.2 Å². The summed E-state index contributed by atoms with van der Waals surface area (Å²) in [6, 6.07) is 0. The first-order chi connectivity index (χ1) is 7.12. The Hall–Kier alpha value is -0.900. The molecule has 2 saturated heterocycles. The van der Waals surface area contributed by atoms with Gasteiger partial charge in [-0.15, -0.1) is 0 Å². The third kappa shape index (κ3) is 1.47. The largest absolute Gasteiger partial charge is 0.468 e. The second kappa shape index (κ2) is 3.59. The number of methoxy groups -OCH3 is 1. The van der Waals surface area contributed by atoms with Gasteiger partial charge in [-0.2, -0.15) is 0 Å². The zero-order valence-corrected chi connectivity index (χ0v) is 9.12. The lowest BCUT2D eigenvalue weighted by Gasteiger charge is -2.27. The number of halogens is 1. The predicted molar refractivity (Wildman–Crippen MR) is 54.2 cm³/mol. The third-order valence-electron chi connectivity index (χ3n) is 3.47. The summed E-state index contributed by atoms with van der Waals surface area (Å²) in [6.45, 7) is 3.01. The van der Waals surface area contributed by atoms with Crippen molar-refractivity contribution in [3.63, 3.8) is 0 Å². The van der Waals surface area contributed by atoms with Gasteiger partial charge in [0.25, 0.3) is 0 Å². The van der Waals surface area contributed by atoms with E-state index < -0.39 is 11.7 Å². The molecule has 0 aliphatic carbocycles. The van der Waals surface area contributed by atoms with E-state index >= 15 is 0 Å². The van der Waals surface area contributed by atoms with Crippen LogP contribution in [0.1, 0.15) is 19.8 Å². The molecule has 0 amide bonds. The summed E-state index contributed by atoms with van der Waals surface area (Å²) in [5.41, 5.74) is 0.489. The molecule has 2 atom stereocenters. The molecule has 0 spiro atoms. The van der Waals surface area contributed by atoms with Crippen molar-refractivity contribution in [1.29, 1.82) is 0 Å². The molecule has 2 rings (SSSR count). The monoisotopic (exact) mass is 213 g/mol. The minimum absolute atomic E-state index is 0.275. The van der Waals surface area contributed by atoms with Crippen molar-refractivity contribution in [2.45, 2.75) is 31.5 Å². The molecule has 4 heteroatoms. The van der Waals surface area contributed by atoms with E-state index in [9.17, 15) is 9.18 Å². The second-order valence-electron chi connectivity index (χ2n) is 4.33. The predicted octanol–water partition coefficient (Wildman–Crippen LogP) is 1.29. The van der Waals surface area contributed by atoms with Gasteiger partial charge in [0, 0.05) is 19.5 Å². The van der Waals surface area contributed by atoms with Crippen LogP contribution in [0.25, 0.3) is 0 Å². The number of fused-ring (bicyclic) bond motifs is 1. The van der Waals surface area contributed by atoms with E-state index in [-0.39, 0.29) is 12.4 Å². The summed E-state index contributed by atoms with van der Waals surface area (Å²) in [5.74, 6) is -0.292. The van der Waals surface area contributed by atoms with Crippen LogP contribution < -0.4 is 0 Å². The molecule has 2 aliphatic rings. The van der Waals surface area contributed by atoms with Gasteiger partial charge < -0.3 is 4.74 Å². The quantitative estimate of drug-likeness (QED) is 0.485. The highest BCUT2D eigenvalue weighted by Crippen LogP contribution is 2.42. The molecule has 0 aromatic rings. The molecule has 0 radical (unpaired) electrons. The van der Waals surface area contributed by atoms with Crippen molar-refractivity contribution in [2.24, 2.45) is 0 Å². The van der Waals surface area contributed by atoms with Gasteiger partial charge in [0.15, 0.2) is 0 Å². The summed E-state index contributed by atoms with van der Waals surface area (Å²) >= 11 is 0. The number of hydrogen-bond acceptors (Lipinski definition) is 3. The van der Waals surface area contributed by atoms with Crippen LogP contribution in [-0.4, -0.2) is 42.8 Å². The van der Waals surface area contributed by atoms with Gasteiger partial charge in [0.1, 0.15) is 11.7 Å². The fraction of sp³-hybridized carbons (Fsp3) is 0.727. The van der Waals surface area contributed by atoms with Crippen molar-refractivity contribution in [3.8, 4) is 0 Å². The maximum atomic E-state index is 13.3. The Morgan fingerprint density at radius 3 is 3.07 bits per heavy atom. The van der Waals surface area contributed by atoms with Crippen molar-refractivity contribution >= 4 is 5.97 Å². The number of alkyl halides is 1. The molecule has 3 nitrogen and oxygen atoms in total. The van der Waals surface area contributed by atoms with E-state index in [4.69, 9.17) is 4.74 Å². The number of carbonyl (C=O) groups excluding carboxylic acids is 1. The Labute approximate surface area is 88.9 Å². The maximum absolute atomic E-state index is 13.3. The SMILES string of the molecule is C/C=C1/CN2C[C@H](F)C[C@@]2(C(=O)OC)C1. The maximum Gasteiger partial charge on any atom is 0.326 e. The number of esters is 1. The van der Waals surface area contributed by atoms with Gasteiger partial charge in [-0.25, -0.2) is 4.39 Å². The van der Waals surface area contributed by atoms with Crippen molar-refractivity contribution in [1.82, 2.24) is 4.90 Å². The standard InChI is InChI=1S/C11H16FNO2/c1-3-8-4-11(10(14)15-2)5-9(12)7-13(11)6-8/h3,9H,4-7H2,1-2H3/b8-3+/t9-,11-/m1/s1. The van der Waals surface area contributed by atoms with Crippen LogP contribution in [0, 0.1) is 0 Å². The molecule has 0 bridgehead atoms. The molecular formula is C11H16FNO2. The zero-order valence-electron chi connectivity index (χ0n) is 9.12.